The molecule has 0 radical (unpaired) electrons. The van der Waals surface area contributed by atoms with Gasteiger partial charge in [-0.3, -0.25) is 4.79 Å². The lowest BCUT2D eigenvalue weighted by Gasteiger charge is -2.30. The van der Waals surface area contributed by atoms with Crippen LogP contribution in [0.3, 0.4) is 0 Å². The molecule has 2 aromatic rings. The first kappa shape index (κ1) is 20.7. The smallest absolute Gasteiger partial charge is 0.255 e. The molecular weight excluding hydrogens is 378 g/mol. The topological polar surface area (TPSA) is 54.0 Å². The Bertz CT molecular complexity index is 854. The summed E-state index contributed by atoms with van der Waals surface area (Å²) < 4.78 is 11.5. The minimum absolute atomic E-state index is 0.101. The van der Waals surface area contributed by atoms with Crippen molar-refractivity contribution in [3.8, 4) is 5.75 Å². The molecule has 2 aliphatic rings. The first-order valence-electron chi connectivity index (χ1n) is 10.8. The Kier molecular flexibility index (Phi) is 6.55. The van der Waals surface area contributed by atoms with Gasteiger partial charge in [0.2, 0.25) is 0 Å². The molecule has 2 aliphatic heterocycles. The van der Waals surface area contributed by atoms with Crippen molar-refractivity contribution in [2.24, 2.45) is 0 Å². The van der Waals surface area contributed by atoms with Crippen LogP contribution in [0.1, 0.15) is 28.8 Å². The average Bonchev–Trinajstić information content (AvgIpc) is 2.77. The highest BCUT2D eigenvalue weighted by Crippen LogP contribution is 2.24. The highest BCUT2D eigenvalue weighted by Gasteiger charge is 2.18. The SMILES string of the molecule is Cc1cc(C(=O)Nc2ccc(OC3CCN(C)CC3)cc2)ccc1N1CCOCC1. The van der Waals surface area contributed by atoms with E-state index in [-0.39, 0.29) is 12.0 Å². The molecule has 0 aliphatic carbocycles. The molecular formula is C24H31N3O3. The van der Waals surface area contributed by atoms with E-state index in [9.17, 15) is 4.79 Å². The third-order valence-electron chi connectivity index (χ3n) is 5.89. The van der Waals surface area contributed by atoms with Crippen LogP contribution < -0.4 is 15.0 Å². The molecule has 0 saturated carbocycles. The van der Waals surface area contributed by atoms with Crippen LogP contribution in [0.4, 0.5) is 11.4 Å². The zero-order valence-electron chi connectivity index (χ0n) is 17.9. The first-order chi connectivity index (χ1) is 14.6. The predicted molar refractivity (Wildman–Crippen MR) is 120 cm³/mol. The van der Waals surface area contributed by atoms with Crippen molar-refractivity contribution in [1.29, 1.82) is 0 Å². The lowest BCUT2D eigenvalue weighted by atomic mass is 10.1. The maximum atomic E-state index is 12.7. The van der Waals surface area contributed by atoms with Crippen LogP contribution in [-0.2, 0) is 4.74 Å². The number of ether oxygens (including phenoxy) is 2. The van der Waals surface area contributed by atoms with Crippen LogP contribution in [-0.4, -0.2) is 63.4 Å². The number of carbonyl (C=O) groups excluding carboxylic acids is 1. The summed E-state index contributed by atoms with van der Waals surface area (Å²) in [6.07, 6.45) is 2.37. The largest absolute Gasteiger partial charge is 0.490 e. The summed E-state index contributed by atoms with van der Waals surface area (Å²) in [5, 5.41) is 2.99. The van der Waals surface area contributed by atoms with Gasteiger partial charge in [0.15, 0.2) is 0 Å². The van der Waals surface area contributed by atoms with E-state index >= 15 is 0 Å². The highest BCUT2D eigenvalue weighted by atomic mass is 16.5. The van der Waals surface area contributed by atoms with Gasteiger partial charge in [0.1, 0.15) is 11.9 Å². The van der Waals surface area contributed by atoms with Crippen molar-refractivity contribution in [2.45, 2.75) is 25.9 Å². The molecule has 30 heavy (non-hydrogen) atoms. The number of nitrogens with one attached hydrogen (secondary N) is 1. The Labute approximate surface area is 178 Å². The summed E-state index contributed by atoms with van der Waals surface area (Å²) in [5.41, 5.74) is 3.71. The fourth-order valence-electron chi connectivity index (χ4n) is 4.07. The molecule has 6 heteroatoms. The van der Waals surface area contributed by atoms with Crippen LogP contribution >= 0.6 is 0 Å². The number of hydrogen-bond donors (Lipinski definition) is 1. The van der Waals surface area contributed by atoms with Gasteiger partial charge in [-0.1, -0.05) is 0 Å². The summed E-state index contributed by atoms with van der Waals surface area (Å²) in [6.45, 7) is 7.47. The second-order valence-corrected chi connectivity index (χ2v) is 8.20. The van der Waals surface area contributed by atoms with Crippen LogP contribution in [0.5, 0.6) is 5.75 Å². The van der Waals surface area contributed by atoms with Gasteiger partial charge in [0, 0.05) is 43.1 Å². The number of nitrogens with zero attached hydrogens (tertiary/aromatic N) is 2. The Morgan fingerprint density at radius 1 is 1.03 bits per heavy atom. The Hall–Kier alpha value is -2.57. The van der Waals surface area contributed by atoms with Gasteiger partial charge in [-0.25, -0.2) is 0 Å². The first-order valence-corrected chi connectivity index (χ1v) is 10.8. The molecule has 0 spiro atoms. The molecule has 6 nitrogen and oxygen atoms in total. The number of morpholine rings is 1. The van der Waals surface area contributed by atoms with E-state index in [1.165, 1.54) is 5.69 Å². The molecule has 160 valence electrons. The van der Waals surface area contributed by atoms with Crippen molar-refractivity contribution >= 4 is 17.3 Å². The van der Waals surface area contributed by atoms with Gasteiger partial charge >= 0.3 is 0 Å². The summed E-state index contributed by atoms with van der Waals surface area (Å²) in [5.74, 6) is 0.754. The molecule has 1 N–H and O–H groups in total. The second kappa shape index (κ2) is 9.49. The van der Waals surface area contributed by atoms with Gasteiger partial charge < -0.3 is 24.6 Å². The van der Waals surface area contributed by atoms with E-state index in [1.807, 2.05) is 42.5 Å². The average molecular weight is 410 g/mol. The maximum absolute atomic E-state index is 12.7. The van der Waals surface area contributed by atoms with Crippen molar-refractivity contribution < 1.29 is 14.3 Å². The lowest BCUT2D eigenvalue weighted by molar-refractivity contribution is 0.102. The number of rotatable bonds is 5. The third-order valence-corrected chi connectivity index (χ3v) is 5.89. The highest BCUT2D eigenvalue weighted by molar-refractivity contribution is 6.04. The summed E-state index contributed by atoms with van der Waals surface area (Å²) >= 11 is 0. The van der Waals surface area contributed by atoms with Crippen LogP contribution in [0.15, 0.2) is 42.5 Å². The molecule has 2 saturated heterocycles. The number of anilines is 2. The summed E-state index contributed by atoms with van der Waals surface area (Å²) in [7, 11) is 2.14. The molecule has 0 atom stereocenters. The fourth-order valence-corrected chi connectivity index (χ4v) is 4.07. The minimum Gasteiger partial charge on any atom is -0.490 e. The Balaban J connectivity index is 1.34. The molecule has 2 fully saturated rings. The summed E-state index contributed by atoms with van der Waals surface area (Å²) in [4.78, 5) is 17.3. The third kappa shape index (κ3) is 5.12. The Morgan fingerprint density at radius 3 is 2.40 bits per heavy atom. The molecule has 0 aromatic heterocycles. The standard InChI is InChI=1S/C24H31N3O3/c1-18-17-19(3-8-23(18)27-13-15-29-16-14-27)24(28)25-20-4-6-21(7-5-20)30-22-9-11-26(2)12-10-22/h3-8,17,22H,9-16H2,1-2H3,(H,25,28). The zero-order chi connectivity index (χ0) is 20.9. The molecule has 2 heterocycles. The Morgan fingerprint density at radius 2 is 1.73 bits per heavy atom. The van der Waals surface area contributed by atoms with E-state index in [0.29, 0.717) is 5.56 Å². The van der Waals surface area contributed by atoms with E-state index in [1.54, 1.807) is 0 Å². The molecule has 0 unspecified atom stereocenters. The molecule has 0 bridgehead atoms. The van der Waals surface area contributed by atoms with Crippen LogP contribution in [0, 0.1) is 6.92 Å². The van der Waals surface area contributed by atoms with E-state index in [4.69, 9.17) is 9.47 Å². The van der Waals surface area contributed by atoms with Crippen molar-refractivity contribution in [2.75, 3.05) is 56.7 Å². The molecule has 2 aromatic carbocycles. The van der Waals surface area contributed by atoms with Crippen LogP contribution in [0.25, 0.3) is 0 Å². The number of likely N-dealkylation sites (tertiary alicyclic amines) is 1. The fraction of sp³-hybridized carbons (Fsp3) is 0.458. The van der Waals surface area contributed by atoms with Gasteiger partial charge in [0.05, 0.1) is 13.2 Å². The van der Waals surface area contributed by atoms with E-state index in [2.05, 4.69) is 29.1 Å². The van der Waals surface area contributed by atoms with Gasteiger partial charge in [-0.2, -0.15) is 0 Å². The van der Waals surface area contributed by atoms with Crippen LogP contribution in [0.2, 0.25) is 0 Å². The number of hydrogen-bond acceptors (Lipinski definition) is 5. The van der Waals surface area contributed by atoms with Crippen molar-refractivity contribution in [3.63, 3.8) is 0 Å². The minimum atomic E-state index is -0.101. The number of carbonyl (C=O) groups is 1. The zero-order valence-corrected chi connectivity index (χ0v) is 17.9. The van der Waals surface area contributed by atoms with Crippen molar-refractivity contribution in [3.05, 3.63) is 53.6 Å². The van der Waals surface area contributed by atoms with Crippen molar-refractivity contribution in [1.82, 2.24) is 4.90 Å². The van der Waals surface area contributed by atoms with E-state index in [0.717, 1.165) is 69.2 Å². The number of piperidine rings is 1. The number of aryl methyl sites for hydroxylation is 1. The monoisotopic (exact) mass is 409 g/mol. The number of benzene rings is 2. The quantitative estimate of drug-likeness (QED) is 0.818. The predicted octanol–water partition coefficient (Wildman–Crippen LogP) is 3.56. The van der Waals surface area contributed by atoms with Gasteiger partial charge in [-0.05, 0) is 74.8 Å². The normalized spacial score (nSPS) is 18.3. The molecule has 4 rings (SSSR count). The van der Waals surface area contributed by atoms with Gasteiger partial charge in [0.25, 0.3) is 5.91 Å². The summed E-state index contributed by atoms with van der Waals surface area (Å²) in [6, 6.07) is 13.5. The lowest BCUT2D eigenvalue weighted by Crippen LogP contribution is -2.36. The second-order valence-electron chi connectivity index (χ2n) is 8.20. The van der Waals surface area contributed by atoms with Gasteiger partial charge in [-0.15, -0.1) is 0 Å². The number of amides is 1. The maximum Gasteiger partial charge on any atom is 0.255 e. The molecule has 1 amide bonds. The van der Waals surface area contributed by atoms with E-state index < -0.39 is 0 Å².